The molecular weight excluding hydrogens is 228 g/mol. The van der Waals surface area contributed by atoms with Crippen LogP contribution in [0.2, 0.25) is 0 Å². The highest BCUT2D eigenvalue weighted by atomic mass is 16.5. The molecule has 1 aromatic carbocycles. The van der Waals surface area contributed by atoms with Crippen molar-refractivity contribution in [3.63, 3.8) is 0 Å². The number of ether oxygens (including phenoxy) is 1. The van der Waals surface area contributed by atoms with Crippen LogP contribution in [0.3, 0.4) is 0 Å². The fraction of sp³-hybridized carbons (Fsp3) is 0.500. The lowest BCUT2D eigenvalue weighted by atomic mass is 9.97. The number of hydrogen-bond acceptors (Lipinski definition) is 3. The van der Waals surface area contributed by atoms with Gasteiger partial charge in [-0.3, -0.25) is 4.79 Å². The van der Waals surface area contributed by atoms with Crippen molar-refractivity contribution >= 4 is 17.3 Å². The van der Waals surface area contributed by atoms with Crippen LogP contribution in [-0.4, -0.2) is 12.0 Å². The molecule has 1 heterocycles. The number of hydrogen-bond donors (Lipinski definition) is 2. The third-order valence-corrected chi connectivity index (χ3v) is 3.13. The van der Waals surface area contributed by atoms with Gasteiger partial charge >= 0.3 is 0 Å². The Morgan fingerprint density at radius 3 is 2.50 bits per heavy atom. The van der Waals surface area contributed by atoms with E-state index >= 15 is 0 Å². The zero-order chi connectivity index (χ0) is 13.4. The van der Waals surface area contributed by atoms with Crippen LogP contribution in [-0.2, 0) is 4.79 Å². The van der Waals surface area contributed by atoms with Crippen LogP contribution in [0.4, 0.5) is 11.4 Å². The fourth-order valence-corrected chi connectivity index (χ4v) is 2.15. The summed E-state index contributed by atoms with van der Waals surface area (Å²) in [6.45, 7) is 8.11. The van der Waals surface area contributed by atoms with Crippen molar-refractivity contribution in [2.75, 3.05) is 11.1 Å². The molecule has 4 heteroatoms. The molecule has 4 nitrogen and oxygen atoms in total. The van der Waals surface area contributed by atoms with Crippen molar-refractivity contribution in [3.05, 3.63) is 17.7 Å². The van der Waals surface area contributed by atoms with E-state index in [1.807, 2.05) is 19.9 Å². The van der Waals surface area contributed by atoms with Crippen LogP contribution in [0.5, 0.6) is 5.75 Å². The Balaban J connectivity index is 2.49. The number of carbonyl (C=O) groups is 1. The molecule has 2 rings (SSSR count). The van der Waals surface area contributed by atoms with Gasteiger partial charge < -0.3 is 15.8 Å². The summed E-state index contributed by atoms with van der Waals surface area (Å²) in [6, 6.07) is 3.66. The highest BCUT2D eigenvalue weighted by Crippen LogP contribution is 2.40. The molecule has 1 amide bonds. The van der Waals surface area contributed by atoms with Gasteiger partial charge in [-0.25, -0.2) is 0 Å². The zero-order valence-corrected chi connectivity index (χ0v) is 11.3. The minimum atomic E-state index is -0.432. The van der Waals surface area contributed by atoms with Gasteiger partial charge in [0.25, 0.3) is 5.91 Å². The predicted octanol–water partition coefficient (Wildman–Crippen LogP) is 2.75. The third kappa shape index (κ3) is 2.15. The second-order valence-electron chi connectivity index (χ2n) is 5.41. The van der Waals surface area contributed by atoms with E-state index in [-0.39, 0.29) is 11.8 Å². The van der Waals surface area contributed by atoms with E-state index < -0.39 is 6.10 Å². The van der Waals surface area contributed by atoms with E-state index in [4.69, 9.17) is 10.5 Å². The molecule has 3 N–H and O–H groups in total. The molecule has 0 aromatic heterocycles. The number of benzene rings is 1. The Labute approximate surface area is 108 Å². The average Bonchev–Trinajstić information content (AvgIpc) is 2.26. The Hall–Kier alpha value is -1.71. The van der Waals surface area contributed by atoms with Crippen molar-refractivity contribution in [2.45, 2.75) is 39.7 Å². The minimum Gasteiger partial charge on any atom is -0.478 e. The summed E-state index contributed by atoms with van der Waals surface area (Å²) in [7, 11) is 0. The van der Waals surface area contributed by atoms with E-state index in [0.29, 0.717) is 17.3 Å². The van der Waals surface area contributed by atoms with E-state index in [2.05, 4.69) is 19.2 Å². The van der Waals surface area contributed by atoms with Crippen molar-refractivity contribution in [3.8, 4) is 5.75 Å². The molecule has 0 aliphatic carbocycles. The second kappa shape index (κ2) is 4.52. The van der Waals surface area contributed by atoms with Gasteiger partial charge in [0.1, 0.15) is 5.75 Å². The lowest BCUT2D eigenvalue weighted by Crippen LogP contribution is -2.41. The highest BCUT2D eigenvalue weighted by Gasteiger charge is 2.32. The maximum atomic E-state index is 11.9. The summed E-state index contributed by atoms with van der Waals surface area (Å²) in [5, 5.41) is 2.88. The van der Waals surface area contributed by atoms with Crippen LogP contribution in [0, 0.1) is 5.92 Å². The van der Waals surface area contributed by atoms with Crippen molar-refractivity contribution in [2.24, 2.45) is 5.92 Å². The molecule has 0 saturated carbocycles. The highest BCUT2D eigenvalue weighted by molar-refractivity contribution is 5.98. The number of carbonyl (C=O) groups excluding carboxylic acids is 1. The Morgan fingerprint density at radius 1 is 1.28 bits per heavy atom. The number of nitrogen functional groups attached to an aromatic ring is 1. The molecule has 0 spiro atoms. The summed E-state index contributed by atoms with van der Waals surface area (Å²) in [6.07, 6.45) is -0.432. The first-order chi connectivity index (χ1) is 8.40. The maximum Gasteiger partial charge on any atom is 0.265 e. The van der Waals surface area contributed by atoms with Gasteiger partial charge in [-0.1, -0.05) is 27.7 Å². The molecule has 0 radical (unpaired) electrons. The molecule has 0 fully saturated rings. The van der Waals surface area contributed by atoms with Gasteiger partial charge in [0.15, 0.2) is 6.10 Å². The number of fused-ring (bicyclic) bond motifs is 1. The first-order valence-electron chi connectivity index (χ1n) is 6.31. The van der Waals surface area contributed by atoms with Gasteiger partial charge in [-0.15, -0.1) is 0 Å². The van der Waals surface area contributed by atoms with Gasteiger partial charge in [0.2, 0.25) is 0 Å². The number of nitrogens with two attached hydrogens (primary N) is 1. The minimum absolute atomic E-state index is 0.0993. The molecule has 98 valence electrons. The first-order valence-corrected chi connectivity index (χ1v) is 6.31. The Kier molecular flexibility index (Phi) is 3.20. The molecule has 0 bridgehead atoms. The summed E-state index contributed by atoms with van der Waals surface area (Å²) >= 11 is 0. The van der Waals surface area contributed by atoms with Crippen LogP contribution < -0.4 is 15.8 Å². The monoisotopic (exact) mass is 248 g/mol. The van der Waals surface area contributed by atoms with E-state index in [1.165, 1.54) is 0 Å². The molecule has 18 heavy (non-hydrogen) atoms. The quantitative estimate of drug-likeness (QED) is 0.791. The molecule has 1 unspecified atom stereocenters. The summed E-state index contributed by atoms with van der Waals surface area (Å²) in [5.74, 6) is 1.09. The van der Waals surface area contributed by atoms with Gasteiger partial charge in [-0.05, 0) is 24.0 Å². The van der Waals surface area contributed by atoms with E-state index in [9.17, 15) is 4.79 Å². The van der Waals surface area contributed by atoms with Crippen molar-refractivity contribution in [1.29, 1.82) is 0 Å². The van der Waals surface area contributed by atoms with E-state index in [1.54, 1.807) is 6.07 Å². The normalized spacial score (nSPS) is 18.6. The van der Waals surface area contributed by atoms with Crippen LogP contribution in [0.1, 0.15) is 39.2 Å². The smallest absolute Gasteiger partial charge is 0.265 e. The topological polar surface area (TPSA) is 64.3 Å². The lowest BCUT2D eigenvalue weighted by molar-refractivity contribution is -0.125. The van der Waals surface area contributed by atoms with Crippen molar-refractivity contribution in [1.82, 2.24) is 0 Å². The lowest BCUT2D eigenvalue weighted by Gasteiger charge is -2.30. The van der Waals surface area contributed by atoms with Crippen LogP contribution >= 0.6 is 0 Å². The molecule has 1 aliphatic rings. The second-order valence-corrected chi connectivity index (χ2v) is 5.41. The molecule has 0 saturated heterocycles. The number of anilines is 2. The average molecular weight is 248 g/mol. The predicted molar refractivity (Wildman–Crippen MR) is 72.8 cm³/mol. The fourth-order valence-electron chi connectivity index (χ4n) is 2.15. The van der Waals surface area contributed by atoms with Crippen molar-refractivity contribution < 1.29 is 9.53 Å². The number of rotatable bonds is 2. The van der Waals surface area contributed by atoms with Gasteiger partial charge in [0.05, 0.1) is 5.69 Å². The molecular formula is C14H20N2O2. The maximum absolute atomic E-state index is 11.9. The summed E-state index contributed by atoms with van der Waals surface area (Å²) in [4.78, 5) is 11.9. The van der Waals surface area contributed by atoms with Gasteiger partial charge in [0, 0.05) is 11.3 Å². The standard InChI is InChI=1S/C14H20N2O2/c1-7(2)10-5-9(15)6-11-13(10)18-12(8(3)4)14(17)16-11/h5-8,12H,15H2,1-4H3,(H,16,17). The first kappa shape index (κ1) is 12.7. The van der Waals surface area contributed by atoms with E-state index in [0.717, 1.165) is 11.3 Å². The summed E-state index contributed by atoms with van der Waals surface area (Å²) in [5.41, 5.74) is 8.22. The van der Waals surface area contributed by atoms with Crippen LogP contribution in [0.15, 0.2) is 12.1 Å². The largest absolute Gasteiger partial charge is 0.478 e. The number of nitrogens with one attached hydrogen (secondary N) is 1. The third-order valence-electron chi connectivity index (χ3n) is 3.13. The summed E-state index contributed by atoms with van der Waals surface area (Å²) < 4.78 is 5.89. The molecule has 1 aliphatic heterocycles. The zero-order valence-electron chi connectivity index (χ0n) is 11.3. The van der Waals surface area contributed by atoms with Gasteiger partial charge in [-0.2, -0.15) is 0 Å². The Morgan fingerprint density at radius 2 is 1.94 bits per heavy atom. The molecule has 1 atom stereocenters. The molecule has 1 aromatic rings. The van der Waals surface area contributed by atoms with Crippen LogP contribution in [0.25, 0.3) is 0 Å². The SMILES string of the molecule is CC(C)c1cc(N)cc2c1OC(C(C)C)C(=O)N2. The number of amides is 1. The Bertz CT molecular complexity index is 481.